The molecule has 1 aliphatic heterocycles. The molecule has 0 saturated carbocycles. The van der Waals surface area contributed by atoms with Crippen LogP contribution in [0.15, 0.2) is 29.2 Å². The SMILES string of the molecule is CC(C(=O)O)C1CN(CCn2ccccc2=O)C1. The highest BCUT2D eigenvalue weighted by molar-refractivity contribution is 5.70. The van der Waals surface area contributed by atoms with Crippen LogP contribution in [0.2, 0.25) is 0 Å². The summed E-state index contributed by atoms with van der Waals surface area (Å²) in [4.78, 5) is 24.5. The lowest BCUT2D eigenvalue weighted by Crippen LogP contribution is -2.52. The molecule has 18 heavy (non-hydrogen) atoms. The number of carboxylic acid groups (broad SMARTS) is 1. The number of aliphatic carboxylic acids is 1. The lowest BCUT2D eigenvalue weighted by atomic mass is 9.87. The summed E-state index contributed by atoms with van der Waals surface area (Å²) < 4.78 is 1.67. The molecule has 1 aromatic heterocycles. The van der Waals surface area contributed by atoms with E-state index in [0.717, 1.165) is 19.6 Å². The van der Waals surface area contributed by atoms with Crippen molar-refractivity contribution >= 4 is 5.97 Å². The first-order valence-corrected chi connectivity index (χ1v) is 6.18. The third kappa shape index (κ3) is 2.79. The molecule has 0 aliphatic carbocycles. The van der Waals surface area contributed by atoms with Crippen LogP contribution < -0.4 is 5.56 Å². The minimum Gasteiger partial charge on any atom is -0.481 e. The van der Waals surface area contributed by atoms with Gasteiger partial charge in [-0.2, -0.15) is 0 Å². The van der Waals surface area contributed by atoms with Gasteiger partial charge in [0.1, 0.15) is 0 Å². The zero-order chi connectivity index (χ0) is 13.1. The van der Waals surface area contributed by atoms with E-state index < -0.39 is 5.97 Å². The summed E-state index contributed by atoms with van der Waals surface area (Å²) in [5.41, 5.74) is 0.00785. The lowest BCUT2D eigenvalue weighted by Gasteiger charge is -2.41. The van der Waals surface area contributed by atoms with E-state index in [0.29, 0.717) is 6.54 Å². The molecule has 5 nitrogen and oxygen atoms in total. The topological polar surface area (TPSA) is 62.5 Å². The van der Waals surface area contributed by atoms with Crippen LogP contribution in [0.25, 0.3) is 0 Å². The standard InChI is InChI=1S/C13H18N2O3/c1-10(13(17)18)11-8-14(9-11)6-7-15-5-3-2-4-12(15)16/h2-5,10-11H,6-9H2,1H3,(H,17,18). The normalized spacial score (nSPS) is 18.3. The quantitative estimate of drug-likeness (QED) is 0.826. The van der Waals surface area contributed by atoms with Gasteiger partial charge in [-0.1, -0.05) is 13.0 Å². The first-order valence-electron chi connectivity index (χ1n) is 6.18. The molecular formula is C13H18N2O3. The van der Waals surface area contributed by atoms with Crippen molar-refractivity contribution in [3.63, 3.8) is 0 Å². The number of hydrogen-bond donors (Lipinski definition) is 1. The van der Waals surface area contributed by atoms with Crippen molar-refractivity contribution in [3.8, 4) is 0 Å². The number of rotatable bonds is 5. The Kier molecular flexibility index (Phi) is 3.81. The van der Waals surface area contributed by atoms with Gasteiger partial charge in [-0.15, -0.1) is 0 Å². The van der Waals surface area contributed by atoms with Gasteiger partial charge in [-0.05, 0) is 12.0 Å². The number of likely N-dealkylation sites (tertiary alicyclic amines) is 1. The summed E-state index contributed by atoms with van der Waals surface area (Å²) in [5, 5.41) is 8.88. The largest absolute Gasteiger partial charge is 0.481 e. The molecule has 1 saturated heterocycles. The van der Waals surface area contributed by atoms with E-state index in [4.69, 9.17) is 5.11 Å². The molecule has 1 aromatic rings. The van der Waals surface area contributed by atoms with E-state index in [1.54, 1.807) is 29.8 Å². The van der Waals surface area contributed by atoms with Crippen molar-refractivity contribution in [1.29, 1.82) is 0 Å². The van der Waals surface area contributed by atoms with E-state index >= 15 is 0 Å². The third-order valence-corrected chi connectivity index (χ3v) is 3.64. The molecule has 5 heteroatoms. The molecule has 1 atom stereocenters. The molecule has 1 aliphatic rings. The number of hydrogen-bond acceptors (Lipinski definition) is 3. The molecule has 0 amide bonds. The van der Waals surface area contributed by atoms with Crippen LogP contribution in [0.3, 0.4) is 0 Å². The molecule has 0 spiro atoms. The number of carbonyl (C=O) groups is 1. The molecule has 1 fully saturated rings. The Bertz CT molecular complexity index is 477. The van der Waals surface area contributed by atoms with Crippen LogP contribution in [-0.4, -0.2) is 40.2 Å². The predicted molar refractivity (Wildman–Crippen MR) is 67.4 cm³/mol. The van der Waals surface area contributed by atoms with Crippen LogP contribution in [-0.2, 0) is 11.3 Å². The fourth-order valence-electron chi connectivity index (χ4n) is 2.20. The predicted octanol–water partition coefficient (Wildman–Crippen LogP) is 0.501. The monoisotopic (exact) mass is 250 g/mol. The highest BCUT2D eigenvalue weighted by atomic mass is 16.4. The molecule has 2 heterocycles. The number of carboxylic acids is 1. The summed E-state index contributed by atoms with van der Waals surface area (Å²) in [6.07, 6.45) is 1.78. The lowest BCUT2D eigenvalue weighted by molar-refractivity contribution is -0.145. The molecule has 2 rings (SSSR count). The Labute approximate surface area is 106 Å². The number of aromatic nitrogens is 1. The van der Waals surface area contributed by atoms with E-state index in [2.05, 4.69) is 4.90 Å². The Morgan fingerprint density at radius 2 is 2.17 bits per heavy atom. The second-order valence-electron chi connectivity index (χ2n) is 4.88. The van der Waals surface area contributed by atoms with Crippen LogP contribution in [0.5, 0.6) is 0 Å². The average Bonchev–Trinajstić information content (AvgIpc) is 2.28. The van der Waals surface area contributed by atoms with E-state index in [9.17, 15) is 9.59 Å². The van der Waals surface area contributed by atoms with Crippen LogP contribution in [0.1, 0.15) is 6.92 Å². The van der Waals surface area contributed by atoms with E-state index in [1.165, 1.54) is 0 Å². The molecular weight excluding hydrogens is 232 g/mol. The minimum absolute atomic E-state index is 0.00785. The smallest absolute Gasteiger partial charge is 0.306 e. The van der Waals surface area contributed by atoms with Crippen LogP contribution >= 0.6 is 0 Å². The van der Waals surface area contributed by atoms with E-state index in [1.807, 2.05) is 6.07 Å². The maximum atomic E-state index is 11.5. The molecule has 1 unspecified atom stereocenters. The van der Waals surface area contributed by atoms with Gasteiger partial charge in [0.25, 0.3) is 5.56 Å². The minimum atomic E-state index is -0.723. The fraction of sp³-hybridized carbons (Fsp3) is 0.538. The average molecular weight is 250 g/mol. The van der Waals surface area contributed by atoms with Gasteiger partial charge in [-0.3, -0.25) is 9.59 Å². The fourth-order valence-corrected chi connectivity index (χ4v) is 2.20. The van der Waals surface area contributed by atoms with Crippen molar-refractivity contribution in [1.82, 2.24) is 9.47 Å². The Morgan fingerprint density at radius 1 is 1.44 bits per heavy atom. The van der Waals surface area contributed by atoms with E-state index in [-0.39, 0.29) is 17.4 Å². The van der Waals surface area contributed by atoms with Gasteiger partial charge in [0.2, 0.25) is 0 Å². The van der Waals surface area contributed by atoms with Crippen molar-refractivity contribution < 1.29 is 9.90 Å². The first-order chi connectivity index (χ1) is 8.58. The summed E-state index contributed by atoms with van der Waals surface area (Å²) in [7, 11) is 0. The number of nitrogens with zero attached hydrogens (tertiary/aromatic N) is 2. The maximum Gasteiger partial charge on any atom is 0.306 e. The second kappa shape index (κ2) is 5.35. The van der Waals surface area contributed by atoms with Gasteiger partial charge < -0.3 is 14.6 Å². The van der Waals surface area contributed by atoms with Crippen molar-refractivity contribution in [2.75, 3.05) is 19.6 Å². The van der Waals surface area contributed by atoms with Gasteiger partial charge >= 0.3 is 5.97 Å². The third-order valence-electron chi connectivity index (χ3n) is 3.64. The molecule has 1 N–H and O–H groups in total. The van der Waals surface area contributed by atoms with Crippen LogP contribution in [0, 0.1) is 11.8 Å². The Morgan fingerprint density at radius 3 is 2.78 bits per heavy atom. The van der Waals surface area contributed by atoms with Crippen LogP contribution in [0.4, 0.5) is 0 Å². The van der Waals surface area contributed by atoms with Gasteiger partial charge in [0.05, 0.1) is 5.92 Å². The summed E-state index contributed by atoms with van der Waals surface area (Å²) in [5.74, 6) is -0.755. The highest BCUT2D eigenvalue weighted by Crippen LogP contribution is 2.23. The van der Waals surface area contributed by atoms with Crippen molar-refractivity contribution in [2.24, 2.45) is 11.8 Å². The second-order valence-corrected chi connectivity index (χ2v) is 4.88. The highest BCUT2D eigenvalue weighted by Gasteiger charge is 2.34. The Balaban J connectivity index is 1.77. The molecule has 0 radical (unpaired) electrons. The van der Waals surface area contributed by atoms with Crippen molar-refractivity contribution in [3.05, 3.63) is 34.7 Å². The Hall–Kier alpha value is -1.62. The van der Waals surface area contributed by atoms with Crippen molar-refractivity contribution in [2.45, 2.75) is 13.5 Å². The summed E-state index contributed by atoms with van der Waals surface area (Å²) in [6.45, 7) is 4.84. The summed E-state index contributed by atoms with van der Waals surface area (Å²) in [6, 6.07) is 5.12. The molecule has 0 bridgehead atoms. The van der Waals surface area contributed by atoms with Gasteiger partial charge in [-0.25, -0.2) is 0 Å². The van der Waals surface area contributed by atoms with Gasteiger partial charge in [0, 0.05) is 38.4 Å². The zero-order valence-electron chi connectivity index (χ0n) is 10.5. The van der Waals surface area contributed by atoms with Gasteiger partial charge in [0.15, 0.2) is 0 Å². The number of pyridine rings is 1. The first kappa shape index (κ1) is 12.8. The molecule has 98 valence electrons. The maximum absolute atomic E-state index is 11.5. The summed E-state index contributed by atoms with van der Waals surface area (Å²) >= 11 is 0. The molecule has 0 aromatic carbocycles. The zero-order valence-corrected chi connectivity index (χ0v) is 10.5.